The molecule has 1 amide bonds. The standard InChI is InChI=1S/C18H26ClNO2/c1-3-22-17-12-14(11-13(2)19)9-10-16(17)20-18(21)15-7-5-4-6-8-15/h9-10,12-13,15H,3-8,11H2,1-2H3,(H,20,21). The van der Waals surface area contributed by atoms with Crippen LogP contribution in [0, 0.1) is 5.92 Å². The zero-order chi connectivity index (χ0) is 15.9. The number of carbonyl (C=O) groups excluding carboxylic acids is 1. The summed E-state index contributed by atoms with van der Waals surface area (Å²) < 4.78 is 5.69. The number of anilines is 1. The molecule has 4 heteroatoms. The summed E-state index contributed by atoms with van der Waals surface area (Å²) in [4.78, 5) is 12.4. The molecule has 1 aromatic rings. The lowest BCUT2D eigenvalue weighted by molar-refractivity contribution is -0.120. The highest BCUT2D eigenvalue weighted by molar-refractivity contribution is 6.20. The maximum Gasteiger partial charge on any atom is 0.227 e. The van der Waals surface area contributed by atoms with Gasteiger partial charge in [0.05, 0.1) is 12.3 Å². The van der Waals surface area contributed by atoms with E-state index in [0.717, 1.165) is 49.1 Å². The average Bonchev–Trinajstić information content (AvgIpc) is 2.50. The van der Waals surface area contributed by atoms with Crippen molar-refractivity contribution >= 4 is 23.2 Å². The summed E-state index contributed by atoms with van der Waals surface area (Å²) in [5, 5.41) is 3.13. The maximum absolute atomic E-state index is 12.4. The van der Waals surface area contributed by atoms with Gasteiger partial charge in [-0.2, -0.15) is 0 Å². The minimum Gasteiger partial charge on any atom is -0.492 e. The van der Waals surface area contributed by atoms with Crippen molar-refractivity contribution in [2.75, 3.05) is 11.9 Å². The Morgan fingerprint density at radius 3 is 2.73 bits per heavy atom. The number of alkyl halides is 1. The van der Waals surface area contributed by atoms with E-state index in [9.17, 15) is 4.79 Å². The van der Waals surface area contributed by atoms with E-state index < -0.39 is 0 Å². The quantitative estimate of drug-likeness (QED) is 0.765. The lowest BCUT2D eigenvalue weighted by atomic mass is 9.88. The van der Waals surface area contributed by atoms with Crippen LogP contribution < -0.4 is 10.1 Å². The van der Waals surface area contributed by atoms with Gasteiger partial charge in [0.25, 0.3) is 0 Å². The first-order valence-corrected chi connectivity index (χ1v) is 8.74. The lowest BCUT2D eigenvalue weighted by Crippen LogP contribution is -2.25. The van der Waals surface area contributed by atoms with Crippen LogP contribution in [-0.2, 0) is 11.2 Å². The number of ether oxygens (including phenoxy) is 1. The third-order valence-electron chi connectivity index (χ3n) is 4.10. The Labute approximate surface area is 138 Å². The molecule has 1 fully saturated rings. The minimum absolute atomic E-state index is 0.0807. The van der Waals surface area contributed by atoms with Crippen molar-refractivity contribution in [2.45, 2.75) is 57.7 Å². The summed E-state index contributed by atoms with van der Waals surface area (Å²) in [7, 11) is 0. The average molecular weight is 324 g/mol. The van der Waals surface area contributed by atoms with Crippen molar-refractivity contribution in [3.05, 3.63) is 23.8 Å². The summed E-state index contributed by atoms with van der Waals surface area (Å²) >= 11 is 6.06. The second-order valence-electron chi connectivity index (χ2n) is 6.07. The fraction of sp³-hybridized carbons (Fsp3) is 0.611. The molecule has 1 atom stereocenters. The predicted octanol–water partition coefficient (Wildman–Crippen LogP) is 4.77. The number of halogens is 1. The van der Waals surface area contributed by atoms with Gasteiger partial charge in [-0.3, -0.25) is 4.79 Å². The fourth-order valence-corrected chi connectivity index (χ4v) is 3.17. The summed E-state index contributed by atoms with van der Waals surface area (Å²) in [6.45, 7) is 4.50. The van der Waals surface area contributed by atoms with Crippen LogP contribution in [0.5, 0.6) is 5.75 Å². The van der Waals surface area contributed by atoms with E-state index >= 15 is 0 Å². The summed E-state index contributed by atoms with van der Waals surface area (Å²) in [5.41, 5.74) is 1.89. The Kier molecular flexibility index (Phi) is 6.56. The van der Waals surface area contributed by atoms with E-state index in [0.29, 0.717) is 6.61 Å². The molecule has 1 aliphatic carbocycles. The molecule has 0 saturated heterocycles. The molecule has 0 spiro atoms. The highest BCUT2D eigenvalue weighted by Crippen LogP contribution is 2.30. The molecule has 22 heavy (non-hydrogen) atoms. The molecule has 1 saturated carbocycles. The molecule has 2 rings (SSSR count). The lowest BCUT2D eigenvalue weighted by Gasteiger charge is -2.21. The Balaban J connectivity index is 2.09. The Hall–Kier alpha value is -1.22. The van der Waals surface area contributed by atoms with Crippen LogP contribution in [0.25, 0.3) is 0 Å². The van der Waals surface area contributed by atoms with Crippen molar-refractivity contribution in [3.8, 4) is 5.75 Å². The van der Waals surface area contributed by atoms with Crippen LogP contribution >= 0.6 is 11.6 Å². The second kappa shape index (κ2) is 8.42. The normalized spacial score (nSPS) is 17.0. The fourth-order valence-electron chi connectivity index (χ4n) is 3.00. The highest BCUT2D eigenvalue weighted by Gasteiger charge is 2.22. The monoisotopic (exact) mass is 323 g/mol. The van der Waals surface area contributed by atoms with Crippen LogP contribution in [0.4, 0.5) is 5.69 Å². The van der Waals surface area contributed by atoms with E-state index in [-0.39, 0.29) is 17.2 Å². The van der Waals surface area contributed by atoms with Crippen LogP contribution in [0.15, 0.2) is 18.2 Å². The first-order chi connectivity index (χ1) is 10.6. The molecule has 3 nitrogen and oxygen atoms in total. The molecule has 1 aromatic carbocycles. The maximum atomic E-state index is 12.4. The zero-order valence-electron chi connectivity index (χ0n) is 13.5. The largest absolute Gasteiger partial charge is 0.492 e. The van der Waals surface area contributed by atoms with Gasteiger partial charge < -0.3 is 10.1 Å². The molecule has 122 valence electrons. The van der Waals surface area contributed by atoms with Gasteiger partial charge in [-0.05, 0) is 50.8 Å². The number of carbonyl (C=O) groups is 1. The molecular formula is C18H26ClNO2. The van der Waals surface area contributed by atoms with E-state index in [1.54, 1.807) is 0 Å². The third-order valence-corrected chi connectivity index (χ3v) is 4.25. The van der Waals surface area contributed by atoms with E-state index in [2.05, 4.69) is 5.32 Å². The SMILES string of the molecule is CCOc1cc(CC(C)Cl)ccc1NC(=O)C1CCCCC1. The van der Waals surface area contributed by atoms with Crippen LogP contribution in [0.1, 0.15) is 51.5 Å². The number of benzene rings is 1. The molecule has 0 radical (unpaired) electrons. The summed E-state index contributed by atoms with van der Waals surface area (Å²) in [5.74, 6) is 1.01. The highest BCUT2D eigenvalue weighted by atomic mass is 35.5. The van der Waals surface area contributed by atoms with Gasteiger partial charge in [0.2, 0.25) is 5.91 Å². The van der Waals surface area contributed by atoms with Crippen molar-refractivity contribution in [2.24, 2.45) is 5.92 Å². The van der Waals surface area contributed by atoms with Crippen molar-refractivity contribution in [3.63, 3.8) is 0 Å². The van der Waals surface area contributed by atoms with Gasteiger partial charge in [0, 0.05) is 11.3 Å². The molecule has 1 unspecified atom stereocenters. The predicted molar refractivity (Wildman–Crippen MR) is 91.8 cm³/mol. The van der Waals surface area contributed by atoms with Crippen LogP contribution in [0.3, 0.4) is 0 Å². The first kappa shape index (κ1) is 17.1. The first-order valence-electron chi connectivity index (χ1n) is 8.30. The van der Waals surface area contributed by atoms with Gasteiger partial charge >= 0.3 is 0 Å². The Morgan fingerprint density at radius 2 is 2.09 bits per heavy atom. The van der Waals surface area contributed by atoms with Crippen molar-refractivity contribution in [1.29, 1.82) is 0 Å². The second-order valence-corrected chi connectivity index (χ2v) is 6.82. The van der Waals surface area contributed by atoms with E-state index in [1.807, 2.05) is 32.0 Å². The molecule has 0 heterocycles. The van der Waals surface area contributed by atoms with Crippen LogP contribution in [-0.4, -0.2) is 17.9 Å². The Bertz CT molecular complexity index is 496. The number of nitrogens with one attached hydrogen (secondary N) is 1. The summed E-state index contributed by atoms with van der Waals surface area (Å²) in [6.07, 6.45) is 6.35. The molecule has 0 bridgehead atoms. The smallest absolute Gasteiger partial charge is 0.227 e. The van der Waals surface area contributed by atoms with Crippen molar-refractivity contribution in [1.82, 2.24) is 0 Å². The number of hydrogen-bond donors (Lipinski definition) is 1. The van der Waals surface area contributed by atoms with Gasteiger partial charge in [-0.1, -0.05) is 25.3 Å². The van der Waals surface area contributed by atoms with Gasteiger partial charge in [-0.25, -0.2) is 0 Å². The van der Waals surface area contributed by atoms with Crippen molar-refractivity contribution < 1.29 is 9.53 Å². The molecule has 0 aromatic heterocycles. The molecular weight excluding hydrogens is 298 g/mol. The molecule has 1 aliphatic rings. The number of amides is 1. The topological polar surface area (TPSA) is 38.3 Å². The minimum atomic E-state index is 0.0807. The molecule has 1 N–H and O–H groups in total. The summed E-state index contributed by atoms with van der Waals surface area (Å²) in [6, 6.07) is 5.93. The van der Waals surface area contributed by atoms with E-state index in [1.165, 1.54) is 6.42 Å². The van der Waals surface area contributed by atoms with Gasteiger partial charge in [0.15, 0.2) is 0 Å². The zero-order valence-corrected chi connectivity index (χ0v) is 14.3. The van der Waals surface area contributed by atoms with Gasteiger partial charge in [-0.15, -0.1) is 11.6 Å². The molecule has 0 aliphatic heterocycles. The van der Waals surface area contributed by atoms with Gasteiger partial charge in [0.1, 0.15) is 5.75 Å². The Morgan fingerprint density at radius 1 is 1.36 bits per heavy atom. The number of rotatable bonds is 6. The van der Waals surface area contributed by atoms with E-state index in [4.69, 9.17) is 16.3 Å². The third kappa shape index (κ3) is 4.91. The number of hydrogen-bond acceptors (Lipinski definition) is 2. The van der Waals surface area contributed by atoms with Crippen LogP contribution in [0.2, 0.25) is 0 Å².